The van der Waals surface area contributed by atoms with E-state index < -0.39 is 0 Å². The van der Waals surface area contributed by atoms with E-state index in [1.54, 1.807) is 6.20 Å². The van der Waals surface area contributed by atoms with E-state index in [0.717, 1.165) is 55.7 Å². The Bertz CT molecular complexity index is 1150. The summed E-state index contributed by atoms with van der Waals surface area (Å²) in [6.07, 6.45) is 9.39. The number of piperazine rings is 1. The number of rotatable bonds is 3. The maximum absolute atomic E-state index is 12.6. The van der Waals surface area contributed by atoms with Crippen molar-refractivity contribution in [2.45, 2.75) is 37.6 Å². The maximum atomic E-state index is 12.6. The van der Waals surface area contributed by atoms with Crippen LogP contribution in [0, 0.1) is 0 Å². The number of carbonyl (C=O) groups excluding carboxylic acids is 1. The Morgan fingerprint density at radius 1 is 1.06 bits per heavy atom. The SMILES string of the molecule is O=C1NCC2(CCCCC2)n2c1cc1cnc(Nc3ccc(N4CC[N-]CC4)cn3)nc12.[W]. The molecular weight excluding hydrogens is 588 g/mol. The fourth-order valence-electron chi connectivity index (χ4n) is 5.35. The number of aromatic nitrogens is 4. The molecule has 1 saturated carbocycles. The van der Waals surface area contributed by atoms with Crippen molar-refractivity contribution in [1.82, 2.24) is 24.8 Å². The van der Waals surface area contributed by atoms with Gasteiger partial charge in [0.05, 0.1) is 17.4 Å². The van der Waals surface area contributed by atoms with E-state index in [1.807, 2.05) is 18.3 Å². The zero-order valence-corrected chi connectivity index (χ0v) is 21.4. The molecule has 5 heterocycles. The number of hydrogen-bond acceptors (Lipinski definition) is 6. The van der Waals surface area contributed by atoms with Crippen LogP contribution in [-0.4, -0.2) is 58.1 Å². The summed E-state index contributed by atoms with van der Waals surface area (Å²) < 4.78 is 2.19. The Balaban J connectivity index is 0.00000228. The standard InChI is InChI=1S/C23H27N8O.W/c32-21-18-12-16-13-26-22(28-19-5-4-17(14-25-19)30-10-8-24-9-11-30)29-20(16)31(18)23(15-27-21)6-2-1-3-7-23;/h4-5,12-14H,1-3,6-11,15H2,(H,27,32)(H,25,26,28,29);/q-1;. The Hall–Kier alpha value is -2.51. The first-order valence-corrected chi connectivity index (χ1v) is 11.5. The van der Waals surface area contributed by atoms with Gasteiger partial charge in [0.25, 0.3) is 5.91 Å². The number of nitrogens with one attached hydrogen (secondary N) is 2. The minimum absolute atomic E-state index is 0. The van der Waals surface area contributed by atoms with Crippen molar-refractivity contribution < 1.29 is 25.9 Å². The molecule has 0 aromatic carbocycles. The first-order chi connectivity index (χ1) is 15.7. The van der Waals surface area contributed by atoms with Gasteiger partial charge in [-0.2, -0.15) is 4.98 Å². The van der Waals surface area contributed by atoms with Crippen LogP contribution in [-0.2, 0) is 26.6 Å². The molecule has 1 aliphatic carbocycles. The molecule has 0 radical (unpaired) electrons. The number of hydrogen-bond donors (Lipinski definition) is 2. The molecule has 1 spiro atoms. The van der Waals surface area contributed by atoms with Crippen LogP contribution in [0.1, 0.15) is 42.6 Å². The van der Waals surface area contributed by atoms with Gasteiger partial charge in [-0.1, -0.05) is 19.3 Å². The predicted molar refractivity (Wildman–Crippen MR) is 124 cm³/mol. The Morgan fingerprint density at radius 2 is 1.88 bits per heavy atom. The molecule has 6 rings (SSSR count). The van der Waals surface area contributed by atoms with E-state index in [1.165, 1.54) is 19.3 Å². The predicted octanol–water partition coefficient (Wildman–Crippen LogP) is 3.16. The third kappa shape index (κ3) is 4.02. The topological polar surface area (TPSA) is 102 Å². The quantitative estimate of drug-likeness (QED) is 0.470. The molecule has 1 amide bonds. The smallest absolute Gasteiger partial charge is 0.268 e. The monoisotopic (exact) mass is 615 g/mol. The molecular formula is C23H27N8OW-. The number of anilines is 3. The summed E-state index contributed by atoms with van der Waals surface area (Å²) in [5, 5.41) is 11.6. The van der Waals surface area contributed by atoms with Crippen molar-refractivity contribution >= 4 is 34.4 Å². The molecule has 172 valence electrons. The fraction of sp³-hybridized carbons (Fsp3) is 0.478. The van der Waals surface area contributed by atoms with E-state index in [-0.39, 0.29) is 32.5 Å². The molecule has 2 N–H and O–H groups in total. The van der Waals surface area contributed by atoms with Crippen LogP contribution in [0.2, 0.25) is 0 Å². The number of amides is 1. The number of carbonyl (C=O) groups is 1. The summed E-state index contributed by atoms with van der Waals surface area (Å²) in [6.45, 7) is 4.28. The van der Waals surface area contributed by atoms with Crippen LogP contribution in [0.15, 0.2) is 30.6 Å². The maximum Gasteiger partial charge on any atom is 0.268 e. The average molecular weight is 615 g/mol. The van der Waals surface area contributed by atoms with Crippen LogP contribution in [0.5, 0.6) is 0 Å². The second-order valence-electron chi connectivity index (χ2n) is 8.99. The second-order valence-corrected chi connectivity index (χ2v) is 8.99. The third-order valence-corrected chi connectivity index (χ3v) is 7.02. The van der Waals surface area contributed by atoms with Crippen molar-refractivity contribution in [3.63, 3.8) is 0 Å². The van der Waals surface area contributed by atoms with Crippen molar-refractivity contribution in [3.8, 4) is 0 Å². The average Bonchev–Trinajstić information content (AvgIpc) is 3.24. The van der Waals surface area contributed by atoms with E-state index in [9.17, 15) is 4.79 Å². The van der Waals surface area contributed by atoms with Gasteiger partial charge in [0.15, 0.2) is 0 Å². The van der Waals surface area contributed by atoms with Crippen molar-refractivity contribution in [2.75, 3.05) is 42.9 Å². The molecule has 3 aliphatic rings. The van der Waals surface area contributed by atoms with Gasteiger partial charge >= 0.3 is 0 Å². The zero-order valence-electron chi connectivity index (χ0n) is 18.5. The molecule has 10 heteroatoms. The normalized spacial score (nSPS) is 19.6. The largest absolute Gasteiger partial charge is 0.659 e. The van der Waals surface area contributed by atoms with Gasteiger partial charge in [-0.05, 0) is 44.1 Å². The molecule has 2 fully saturated rings. The Morgan fingerprint density at radius 3 is 2.64 bits per heavy atom. The van der Waals surface area contributed by atoms with Crippen molar-refractivity contribution in [1.29, 1.82) is 0 Å². The molecule has 3 aromatic rings. The summed E-state index contributed by atoms with van der Waals surface area (Å²) in [5.41, 5.74) is 2.53. The number of nitrogens with zero attached hydrogens (tertiary/aromatic N) is 6. The Kier molecular flexibility index (Phi) is 6.10. The molecule has 0 atom stereocenters. The molecule has 0 unspecified atom stereocenters. The summed E-state index contributed by atoms with van der Waals surface area (Å²) in [7, 11) is 0. The third-order valence-electron chi connectivity index (χ3n) is 7.02. The van der Waals surface area contributed by atoms with E-state index in [2.05, 4.69) is 41.5 Å². The molecule has 9 nitrogen and oxygen atoms in total. The van der Waals surface area contributed by atoms with E-state index in [0.29, 0.717) is 24.0 Å². The first kappa shape index (κ1) is 22.3. The number of pyridine rings is 1. The minimum atomic E-state index is -0.0878. The van der Waals surface area contributed by atoms with Crippen LogP contribution in [0.3, 0.4) is 0 Å². The van der Waals surface area contributed by atoms with Crippen LogP contribution in [0.25, 0.3) is 16.4 Å². The van der Waals surface area contributed by atoms with Crippen LogP contribution < -0.4 is 15.5 Å². The number of fused-ring (bicyclic) bond motifs is 4. The van der Waals surface area contributed by atoms with Gasteiger partial charge in [-0.3, -0.25) is 4.79 Å². The summed E-state index contributed by atoms with van der Waals surface area (Å²) in [4.78, 5) is 28.8. The molecule has 2 aliphatic heterocycles. The second kappa shape index (κ2) is 9.03. The van der Waals surface area contributed by atoms with Crippen LogP contribution >= 0.6 is 0 Å². The first-order valence-electron chi connectivity index (χ1n) is 11.5. The summed E-state index contributed by atoms with van der Waals surface area (Å²) >= 11 is 0. The van der Waals surface area contributed by atoms with Gasteiger partial charge in [0, 0.05) is 39.2 Å². The summed E-state index contributed by atoms with van der Waals surface area (Å²) in [6, 6.07) is 5.94. The molecule has 1 saturated heterocycles. The summed E-state index contributed by atoms with van der Waals surface area (Å²) in [5.74, 6) is 1.16. The fourth-order valence-corrected chi connectivity index (χ4v) is 5.35. The molecule has 3 aromatic heterocycles. The van der Waals surface area contributed by atoms with Crippen LogP contribution in [0.4, 0.5) is 17.5 Å². The van der Waals surface area contributed by atoms with Gasteiger partial charge < -0.3 is 25.4 Å². The van der Waals surface area contributed by atoms with Gasteiger partial charge in [0.1, 0.15) is 17.2 Å². The van der Waals surface area contributed by atoms with Crippen molar-refractivity contribution in [3.05, 3.63) is 41.6 Å². The molecule has 33 heavy (non-hydrogen) atoms. The van der Waals surface area contributed by atoms with E-state index >= 15 is 0 Å². The van der Waals surface area contributed by atoms with Gasteiger partial charge in [-0.25, -0.2) is 9.97 Å². The van der Waals surface area contributed by atoms with Gasteiger partial charge in [0.2, 0.25) is 5.95 Å². The minimum Gasteiger partial charge on any atom is -0.659 e. The zero-order chi connectivity index (χ0) is 21.5. The molecule has 0 bridgehead atoms. The van der Waals surface area contributed by atoms with E-state index in [4.69, 9.17) is 4.98 Å². The Labute approximate surface area is 207 Å². The van der Waals surface area contributed by atoms with Gasteiger partial charge in [-0.15, -0.1) is 13.1 Å². The van der Waals surface area contributed by atoms with Crippen molar-refractivity contribution in [2.24, 2.45) is 0 Å².